The largest absolute Gasteiger partial charge is 0.504 e. The zero-order valence-corrected chi connectivity index (χ0v) is 6.77. The van der Waals surface area contributed by atoms with E-state index in [4.69, 9.17) is 9.94 Å². The standard InChI is InChI=1S/C9H9NO3/c11-7-2-1-6(5-8(7)12)9-3-4-10-13-9/h1-5,9-12H. The quantitative estimate of drug-likeness (QED) is 0.566. The number of phenols is 2. The van der Waals surface area contributed by atoms with Crippen LogP contribution < -0.4 is 5.48 Å². The van der Waals surface area contributed by atoms with Gasteiger partial charge in [-0.3, -0.25) is 10.3 Å². The molecule has 1 aliphatic heterocycles. The highest BCUT2D eigenvalue weighted by molar-refractivity contribution is 5.42. The van der Waals surface area contributed by atoms with E-state index >= 15 is 0 Å². The summed E-state index contributed by atoms with van der Waals surface area (Å²) in [7, 11) is 0. The molecule has 0 aliphatic carbocycles. The third kappa shape index (κ3) is 1.43. The Bertz CT molecular complexity index is 349. The Hall–Kier alpha value is -1.68. The number of hydrogen-bond donors (Lipinski definition) is 3. The molecule has 0 bridgehead atoms. The van der Waals surface area contributed by atoms with Gasteiger partial charge in [-0.15, -0.1) is 0 Å². The van der Waals surface area contributed by atoms with E-state index in [0.29, 0.717) is 0 Å². The molecule has 1 heterocycles. The minimum absolute atomic E-state index is 0.126. The van der Waals surface area contributed by atoms with E-state index in [1.165, 1.54) is 12.1 Å². The van der Waals surface area contributed by atoms with Crippen LogP contribution >= 0.6 is 0 Å². The Morgan fingerprint density at radius 2 is 2.08 bits per heavy atom. The van der Waals surface area contributed by atoms with Crippen LogP contribution in [0.25, 0.3) is 0 Å². The summed E-state index contributed by atoms with van der Waals surface area (Å²) in [5, 5.41) is 18.3. The van der Waals surface area contributed by atoms with Crippen molar-refractivity contribution < 1.29 is 15.1 Å². The van der Waals surface area contributed by atoms with Crippen molar-refractivity contribution in [2.45, 2.75) is 6.10 Å². The molecule has 1 aromatic carbocycles. The fourth-order valence-corrected chi connectivity index (χ4v) is 1.18. The lowest BCUT2D eigenvalue weighted by atomic mass is 10.1. The van der Waals surface area contributed by atoms with Crippen LogP contribution in [0.2, 0.25) is 0 Å². The third-order valence-electron chi connectivity index (χ3n) is 1.86. The van der Waals surface area contributed by atoms with E-state index in [2.05, 4.69) is 5.48 Å². The molecule has 0 fully saturated rings. The molecule has 1 aromatic rings. The number of hydrogen-bond acceptors (Lipinski definition) is 4. The number of aromatic hydroxyl groups is 2. The molecule has 0 saturated carbocycles. The number of phenolic OH excluding ortho intramolecular Hbond substituents is 2. The molecular weight excluding hydrogens is 170 g/mol. The number of nitrogens with one attached hydrogen (secondary N) is 1. The Balaban J connectivity index is 2.30. The normalized spacial score (nSPS) is 20.2. The van der Waals surface area contributed by atoms with Crippen molar-refractivity contribution in [2.75, 3.05) is 0 Å². The van der Waals surface area contributed by atoms with Gasteiger partial charge in [-0.2, -0.15) is 0 Å². The first kappa shape index (κ1) is 7.94. The van der Waals surface area contributed by atoms with Gasteiger partial charge in [-0.1, -0.05) is 6.07 Å². The lowest BCUT2D eigenvalue weighted by molar-refractivity contribution is 0.0468. The van der Waals surface area contributed by atoms with Crippen LogP contribution in [0.1, 0.15) is 11.7 Å². The SMILES string of the molecule is Oc1ccc(C2C=CNO2)cc1O. The summed E-state index contributed by atoms with van der Waals surface area (Å²) in [5.74, 6) is -0.264. The molecule has 0 saturated heterocycles. The van der Waals surface area contributed by atoms with Crippen LogP contribution in [0.15, 0.2) is 30.5 Å². The van der Waals surface area contributed by atoms with E-state index in [0.717, 1.165) is 5.56 Å². The monoisotopic (exact) mass is 179 g/mol. The van der Waals surface area contributed by atoms with E-state index < -0.39 is 0 Å². The van der Waals surface area contributed by atoms with Crippen LogP contribution in [0.3, 0.4) is 0 Å². The lowest BCUT2D eigenvalue weighted by Crippen LogP contribution is -2.03. The first-order valence-electron chi connectivity index (χ1n) is 3.87. The van der Waals surface area contributed by atoms with Crippen molar-refractivity contribution in [1.82, 2.24) is 5.48 Å². The third-order valence-corrected chi connectivity index (χ3v) is 1.86. The van der Waals surface area contributed by atoms with Crippen molar-refractivity contribution in [3.05, 3.63) is 36.0 Å². The van der Waals surface area contributed by atoms with Gasteiger partial charge in [-0.05, 0) is 23.8 Å². The second-order valence-electron chi connectivity index (χ2n) is 2.76. The summed E-state index contributed by atoms with van der Waals surface area (Å²) in [6.07, 6.45) is 3.28. The van der Waals surface area contributed by atoms with Gasteiger partial charge in [0.25, 0.3) is 0 Å². The molecule has 1 unspecified atom stereocenters. The smallest absolute Gasteiger partial charge is 0.157 e. The molecule has 0 spiro atoms. The maximum absolute atomic E-state index is 9.21. The predicted octanol–water partition coefficient (Wildman–Crippen LogP) is 1.19. The van der Waals surface area contributed by atoms with Crippen LogP contribution in [0.5, 0.6) is 11.5 Å². The van der Waals surface area contributed by atoms with E-state index in [1.54, 1.807) is 12.3 Å². The van der Waals surface area contributed by atoms with Gasteiger partial charge in [0.15, 0.2) is 11.5 Å². The van der Waals surface area contributed by atoms with Gasteiger partial charge in [0.1, 0.15) is 6.10 Å². The van der Waals surface area contributed by atoms with Gasteiger partial charge >= 0.3 is 0 Å². The maximum atomic E-state index is 9.21. The van der Waals surface area contributed by atoms with Crippen molar-refractivity contribution in [1.29, 1.82) is 0 Å². The van der Waals surface area contributed by atoms with E-state index in [9.17, 15) is 5.11 Å². The molecule has 1 aliphatic rings. The minimum Gasteiger partial charge on any atom is -0.504 e. The highest BCUT2D eigenvalue weighted by Crippen LogP contribution is 2.30. The molecule has 4 heteroatoms. The molecule has 13 heavy (non-hydrogen) atoms. The molecule has 0 radical (unpaired) electrons. The molecule has 4 nitrogen and oxygen atoms in total. The number of benzene rings is 1. The summed E-state index contributed by atoms with van der Waals surface area (Å²) >= 11 is 0. The summed E-state index contributed by atoms with van der Waals surface area (Å²) in [6, 6.07) is 4.59. The Morgan fingerprint density at radius 1 is 1.23 bits per heavy atom. The van der Waals surface area contributed by atoms with Crippen LogP contribution in [-0.4, -0.2) is 10.2 Å². The summed E-state index contributed by atoms with van der Waals surface area (Å²) < 4.78 is 0. The van der Waals surface area contributed by atoms with Gasteiger partial charge in [-0.25, -0.2) is 0 Å². The first-order valence-corrected chi connectivity index (χ1v) is 3.87. The number of rotatable bonds is 1. The van der Waals surface area contributed by atoms with Gasteiger partial charge in [0, 0.05) is 6.20 Å². The zero-order chi connectivity index (χ0) is 9.26. The van der Waals surface area contributed by atoms with E-state index in [-0.39, 0.29) is 17.6 Å². The second kappa shape index (κ2) is 2.99. The van der Waals surface area contributed by atoms with Gasteiger partial charge < -0.3 is 10.2 Å². The zero-order valence-electron chi connectivity index (χ0n) is 6.77. The molecule has 68 valence electrons. The fourth-order valence-electron chi connectivity index (χ4n) is 1.18. The molecular formula is C9H9NO3. The Labute approximate surface area is 75.0 Å². The predicted molar refractivity (Wildman–Crippen MR) is 45.9 cm³/mol. The topological polar surface area (TPSA) is 61.7 Å². The summed E-state index contributed by atoms with van der Waals surface area (Å²) in [5.41, 5.74) is 3.37. The van der Waals surface area contributed by atoms with E-state index in [1.807, 2.05) is 6.08 Å². The van der Waals surface area contributed by atoms with Gasteiger partial charge in [0.2, 0.25) is 0 Å². The fraction of sp³-hybridized carbons (Fsp3) is 0.111. The van der Waals surface area contributed by atoms with Crippen molar-refractivity contribution in [2.24, 2.45) is 0 Å². The molecule has 1 atom stereocenters. The average molecular weight is 179 g/mol. The van der Waals surface area contributed by atoms with Crippen LogP contribution in [0.4, 0.5) is 0 Å². The van der Waals surface area contributed by atoms with Crippen LogP contribution in [-0.2, 0) is 4.84 Å². The molecule has 0 aromatic heterocycles. The molecule has 3 N–H and O–H groups in total. The first-order chi connectivity index (χ1) is 6.27. The number of hydroxylamine groups is 1. The minimum atomic E-state index is -0.202. The van der Waals surface area contributed by atoms with Crippen molar-refractivity contribution in [3.63, 3.8) is 0 Å². The van der Waals surface area contributed by atoms with Gasteiger partial charge in [0.05, 0.1) is 0 Å². The molecule has 0 amide bonds. The summed E-state index contributed by atoms with van der Waals surface area (Å²) in [4.78, 5) is 5.08. The Kier molecular flexibility index (Phi) is 1.83. The molecule has 2 rings (SSSR count). The van der Waals surface area contributed by atoms with Crippen molar-refractivity contribution >= 4 is 0 Å². The second-order valence-corrected chi connectivity index (χ2v) is 2.76. The average Bonchev–Trinajstić information content (AvgIpc) is 2.62. The highest BCUT2D eigenvalue weighted by Gasteiger charge is 2.13. The maximum Gasteiger partial charge on any atom is 0.157 e. The lowest BCUT2D eigenvalue weighted by Gasteiger charge is -2.08. The van der Waals surface area contributed by atoms with Crippen LogP contribution in [0, 0.1) is 0 Å². The van der Waals surface area contributed by atoms with Crippen molar-refractivity contribution in [3.8, 4) is 11.5 Å². The Morgan fingerprint density at radius 3 is 2.69 bits per heavy atom. The summed E-state index contributed by atoms with van der Waals surface area (Å²) in [6.45, 7) is 0. The highest BCUT2D eigenvalue weighted by atomic mass is 16.7.